The second-order valence-corrected chi connectivity index (χ2v) is 4.87. The molecule has 0 fully saturated rings. The molecule has 1 aromatic carbocycles. The molecule has 0 unspecified atom stereocenters. The van der Waals surface area contributed by atoms with E-state index in [1.165, 1.54) is 6.20 Å². The Kier molecular flexibility index (Phi) is 3.52. The second-order valence-electron chi connectivity index (χ2n) is 4.49. The summed E-state index contributed by atoms with van der Waals surface area (Å²) >= 11 is 5.67. The van der Waals surface area contributed by atoms with Gasteiger partial charge in [0.1, 0.15) is 17.5 Å². The Balaban J connectivity index is 1.69. The van der Waals surface area contributed by atoms with Crippen LogP contribution in [0.25, 0.3) is 0 Å². The minimum Gasteiger partial charge on any atom is -0.487 e. The van der Waals surface area contributed by atoms with E-state index in [9.17, 15) is 4.79 Å². The lowest BCUT2D eigenvalue weighted by Gasteiger charge is -2.17. The maximum atomic E-state index is 11.3. The van der Waals surface area contributed by atoms with Gasteiger partial charge in [-0.15, -0.1) is 0 Å². The summed E-state index contributed by atoms with van der Waals surface area (Å²) in [7, 11) is 0. The molecule has 3 rings (SSSR count). The zero-order valence-electron chi connectivity index (χ0n) is 10.6. The van der Waals surface area contributed by atoms with Crippen LogP contribution in [0.4, 0.5) is 5.69 Å². The van der Waals surface area contributed by atoms with Crippen molar-refractivity contribution in [2.24, 2.45) is 0 Å². The van der Waals surface area contributed by atoms with Crippen LogP contribution in [-0.2, 0) is 17.8 Å². The Labute approximate surface area is 121 Å². The number of anilines is 1. The molecule has 0 saturated carbocycles. The molecule has 0 spiro atoms. The van der Waals surface area contributed by atoms with Crippen LogP contribution in [0.1, 0.15) is 17.7 Å². The standard InChI is InChI=1S/C14H12ClN3O2/c15-13-7-16-10(6-17-13)8-20-11-2-3-12-9(5-11)1-4-14(19)18-12/h2-3,5-7H,1,4,8H2,(H,18,19). The molecule has 2 heterocycles. The smallest absolute Gasteiger partial charge is 0.224 e. The molecule has 1 N–H and O–H groups in total. The van der Waals surface area contributed by atoms with E-state index in [2.05, 4.69) is 15.3 Å². The van der Waals surface area contributed by atoms with Crippen LogP contribution in [0, 0.1) is 0 Å². The number of ether oxygens (including phenoxy) is 1. The summed E-state index contributed by atoms with van der Waals surface area (Å²) in [5.41, 5.74) is 2.66. The van der Waals surface area contributed by atoms with Gasteiger partial charge < -0.3 is 10.1 Å². The van der Waals surface area contributed by atoms with E-state index in [1.807, 2.05) is 18.2 Å². The first-order valence-electron chi connectivity index (χ1n) is 6.23. The van der Waals surface area contributed by atoms with Crippen LogP contribution >= 0.6 is 11.6 Å². The van der Waals surface area contributed by atoms with E-state index >= 15 is 0 Å². The van der Waals surface area contributed by atoms with Crippen molar-refractivity contribution in [3.8, 4) is 5.75 Å². The number of amides is 1. The Hall–Kier alpha value is -2.14. The van der Waals surface area contributed by atoms with Crippen molar-refractivity contribution < 1.29 is 9.53 Å². The van der Waals surface area contributed by atoms with Crippen molar-refractivity contribution in [1.82, 2.24) is 9.97 Å². The third kappa shape index (κ3) is 2.88. The van der Waals surface area contributed by atoms with E-state index in [0.717, 1.165) is 23.4 Å². The highest BCUT2D eigenvalue weighted by Gasteiger charge is 2.15. The van der Waals surface area contributed by atoms with Crippen molar-refractivity contribution >= 4 is 23.2 Å². The molecule has 5 nitrogen and oxygen atoms in total. The van der Waals surface area contributed by atoms with Gasteiger partial charge in [0, 0.05) is 12.1 Å². The molecule has 20 heavy (non-hydrogen) atoms. The summed E-state index contributed by atoms with van der Waals surface area (Å²) in [5.74, 6) is 0.805. The minimum atomic E-state index is 0.0580. The molecule has 2 aromatic rings. The van der Waals surface area contributed by atoms with Gasteiger partial charge in [-0.3, -0.25) is 9.78 Å². The third-order valence-corrected chi connectivity index (χ3v) is 3.23. The van der Waals surface area contributed by atoms with E-state index in [1.54, 1.807) is 6.20 Å². The maximum Gasteiger partial charge on any atom is 0.224 e. The number of hydrogen-bond donors (Lipinski definition) is 1. The Morgan fingerprint density at radius 2 is 2.15 bits per heavy atom. The van der Waals surface area contributed by atoms with Crippen molar-refractivity contribution in [1.29, 1.82) is 0 Å². The summed E-state index contributed by atoms with van der Waals surface area (Å²) < 4.78 is 5.67. The molecule has 102 valence electrons. The van der Waals surface area contributed by atoms with E-state index in [4.69, 9.17) is 16.3 Å². The van der Waals surface area contributed by atoms with Gasteiger partial charge in [-0.2, -0.15) is 0 Å². The number of nitrogens with zero attached hydrogens (tertiary/aromatic N) is 2. The summed E-state index contributed by atoms with van der Waals surface area (Å²) in [5, 5.41) is 3.20. The fourth-order valence-electron chi connectivity index (χ4n) is 2.02. The van der Waals surface area contributed by atoms with Gasteiger partial charge in [0.2, 0.25) is 5.91 Å². The topological polar surface area (TPSA) is 64.1 Å². The molecule has 1 aromatic heterocycles. The van der Waals surface area contributed by atoms with Crippen LogP contribution in [-0.4, -0.2) is 15.9 Å². The van der Waals surface area contributed by atoms with E-state index in [0.29, 0.717) is 23.9 Å². The summed E-state index contributed by atoms with van der Waals surface area (Å²) in [6, 6.07) is 5.63. The number of benzene rings is 1. The van der Waals surface area contributed by atoms with Gasteiger partial charge in [-0.1, -0.05) is 11.6 Å². The average Bonchev–Trinajstić information content (AvgIpc) is 2.46. The van der Waals surface area contributed by atoms with E-state index in [-0.39, 0.29) is 5.91 Å². The number of nitrogens with one attached hydrogen (secondary N) is 1. The SMILES string of the molecule is O=C1CCc2cc(OCc3cnc(Cl)cn3)ccc2N1. The van der Waals surface area contributed by atoms with Gasteiger partial charge in [0.15, 0.2) is 0 Å². The first-order chi connectivity index (χ1) is 9.70. The summed E-state index contributed by atoms with van der Waals surface area (Å²) in [6.07, 6.45) is 4.32. The molecule has 0 aliphatic carbocycles. The first kappa shape index (κ1) is 12.9. The Morgan fingerprint density at radius 3 is 2.95 bits per heavy atom. The van der Waals surface area contributed by atoms with Gasteiger partial charge in [0.05, 0.1) is 18.1 Å². The molecular weight excluding hydrogens is 278 g/mol. The zero-order chi connectivity index (χ0) is 13.9. The highest BCUT2D eigenvalue weighted by Crippen LogP contribution is 2.27. The number of hydrogen-bond acceptors (Lipinski definition) is 4. The molecule has 1 aliphatic rings. The van der Waals surface area contributed by atoms with Gasteiger partial charge in [0.25, 0.3) is 0 Å². The van der Waals surface area contributed by atoms with Crippen LogP contribution in [0.2, 0.25) is 5.15 Å². The molecule has 0 atom stereocenters. The zero-order valence-corrected chi connectivity index (χ0v) is 11.4. The number of aryl methyl sites for hydroxylation is 1. The number of rotatable bonds is 3. The number of aromatic nitrogens is 2. The van der Waals surface area contributed by atoms with Gasteiger partial charge in [-0.05, 0) is 30.2 Å². The summed E-state index contributed by atoms with van der Waals surface area (Å²) in [6.45, 7) is 0.329. The first-order valence-corrected chi connectivity index (χ1v) is 6.60. The van der Waals surface area contributed by atoms with Crippen molar-refractivity contribution in [3.05, 3.63) is 47.0 Å². The van der Waals surface area contributed by atoms with Crippen LogP contribution in [0.3, 0.4) is 0 Å². The number of halogens is 1. The average molecular weight is 290 g/mol. The summed E-state index contributed by atoms with van der Waals surface area (Å²) in [4.78, 5) is 19.3. The molecule has 0 radical (unpaired) electrons. The molecule has 1 aliphatic heterocycles. The molecule has 0 bridgehead atoms. The fourth-order valence-corrected chi connectivity index (χ4v) is 2.12. The van der Waals surface area contributed by atoms with Gasteiger partial charge in [-0.25, -0.2) is 4.98 Å². The quantitative estimate of drug-likeness (QED) is 0.943. The Bertz CT molecular complexity index is 643. The van der Waals surface area contributed by atoms with Crippen LogP contribution < -0.4 is 10.1 Å². The lowest BCUT2D eigenvalue weighted by Crippen LogP contribution is -2.18. The predicted octanol–water partition coefficient (Wildman–Crippen LogP) is 2.59. The number of fused-ring (bicyclic) bond motifs is 1. The number of carbonyl (C=O) groups excluding carboxylic acids is 1. The Morgan fingerprint density at radius 1 is 1.25 bits per heavy atom. The highest BCUT2D eigenvalue weighted by molar-refractivity contribution is 6.29. The third-order valence-electron chi connectivity index (χ3n) is 3.03. The lowest BCUT2D eigenvalue weighted by molar-refractivity contribution is -0.116. The normalized spacial score (nSPS) is 13.6. The molecule has 1 amide bonds. The highest BCUT2D eigenvalue weighted by atomic mass is 35.5. The fraction of sp³-hybridized carbons (Fsp3) is 0.214. The van der Waals surface area contributed by atoms with E-state index < -0.39 is 0 Å². The van der Waals surface area contributed by atoms with Crippen molar-refractivity contribution in [2.75, 3.05) is 5.32 Å². The van der Waals surface area contributed by atoms with Crippen LogP contribution in [0.5, 0.6) is 5.75 Å². The number of carbonyl (C=O) groups is 1. The molecule has 6 heteroatoms. The monoisotopic (exact) mass is 289 g/mol. The largest absolute Gasteiger partial charge is 0.487 e. The van der Waals surface area contributed by atoms with Crippen molar-refractivity contribution in [2.45, 2.75) is 19.4 Å². The minimum absolute atomic E-state index is 0.0580. The second kappa shape index (κ2) is 5.46. The molecular formula is C14H12ClN3O2. The van der Waals surface area contributed by atoms with Crippen molar-refractivity contribution in [3.63, 3.8) is 0 Å². The van der Waals surface area contributed by atoms with Crippen LogP contribution in [0.15, 0.2) is 30.6 Å². The predicted molar refractivity (Wildman–Crippen MR) is 74.8 cm³/mol. The van der Waals surface area contributed by atoms with Gasteiger partial charge >= 0.3 is 0 Å². The molecule has 0 saturated heterocycles. The lowest BCUT2D eigenvalue weighted by atomic mass is 10.0. The maximum absolute atomic E-state index is 11.3.